The third kappa shape index (κ3) is 3.76. The highest BCUT2D eigenvalue weighted by atomic mass is 31.2. The molecule has 0 rings (SSSR count). The molecule has 0 spiro atoms. The van der Waals surface area contributed by atoms with Gasteiger partial charge in [0.15, 0.2) is 0 Å². The maximum atomic E-state index is 10.3. The second-order valence-corrected chi connectivity index (χ2v) is 7.13. The largest absolute Gasteiger partial charge is 0.233 e. The Kier molecular flexibility index (Phi) is 5.13. The SMILES string of the molecule is C=CC[P+](C)(O)N(C(C)C)C(C)C. The molecule has 1 unspecified atom stereocenters. The molecule has 1 atom stereocenters. The van der Waals surface area contributed by atoms with Crippen molar-refractivity contribution in [1.82, 2.24) is 4.67 Å². The van der Waals surface area contributed by atoms with Gasteiger partial charge >= 0.3 is 0 Å². The van der Waals surface area contributed by atoms with Crippen molar-refractivity contribution in [3.05, 3.63) is 12.7 Å². The minimum atomic E-state index is -1.95. The summed E-state index contributed by atoms with van der Waals surface area (Å²) in [6.45, 7) is 14.1. The first-order valence-electron chi connectivity index (χ1n) is 4.81. The predicted octanol–water partition coefficient (Wildman–Crippen LogP) is 2.76. The van der Waals surface area contributed by atoms with Crippen LogP contribution in [0.15, 0.2) is 12.7 Å². The van der Waals surface area contributed by atoms with E-state index >= 15 is 0 Å². The summed E-state index contributed by atoms with van der Waals surface area (Å²) in [7, 11) is -1.95. The number of allylic oxidation sites excluding steroid dienone is 1. The first-order chi connectivity index (χ1) is 5.83. The molecule has 0 bridgehead atoms. The predicted molar refractivity (Wildman–Crippen MR) is 62.2 cm³/mol. The topological polar surface area (TPSA) is 23.5 Å². The van der Waals surface area contributed by atoms with E-state index in [9.17, 15) is 4.89 Å². The van der Waals surface area contributed by atoms with Crippen molar-refractivity contribution in [2.45, 2.75) is 39.8 Å². The van der Waals surface area contributed by atoms with Crippen LogP contribution in [0.2, 0.25) is 0 Å². The Morgan fingerprint density at radius 1 is 1.31 bits per heavy atom. The minimum absolute atomic E-state index is 0.392. The van der Waals surface area contributed by atoms with Crippen molar-refractivity contribution in [2.75, 3.05) is 12.8 Å². The molecule has 0 fully saturated rings. The Hall–Kier alpha value is 0.0900. The van der Waals surface area contributed by atoms with Gasteiger partial charge in [-0.1, -0.05) is 12.7 Å². The van der Waals surface area contributed by atoms with Crippen LogP contribution in [-0.4, -0.2) is 34.5 Å². The normalized spacial score (nSPS) is 16.7. The van der Waals surface area contributed by atoms with E-state index in [1.54, 1.807) is 0 Å². The summed E-state index contributed by atoms with van der Waals surface area (Å²) in [6, 6.07) is 0.784. The van der Waals surface area contributed by atoms with E-state index in [-0.39, 0.29) is 0 Å². The van der Waals surface area contributed by atoms with Gasteiger partial charge in [0.2, 0.25) is 7.64 Å². The van der Waals surface area contributed by atoms with Crippen molar-refractivity contribution >= 4 is 7.64 Å². The van der Waals surface area contributed by atoms with Crippen molar-refractivity contribution in [3.63, 3.8) is 0 Å². The van der Waals surface area contributed by atoms with E-state index in [1.165, 1.54) is 0 Å². The van der Waals surface area contributed by atoms with Crippen LogP contribution >= 0.6 is 7.64 Å². The molecule has 2 nitrogen and oxygen atoms in total. The maximum absolute atomic E-state index is 10.3. The molecule has 0 aliphatic carbocycles. The summed E-state index contributed by atoms with van der Waals surface area (Å²) in [5.74, 6) is 0. The van der Waals surface area contributed by atoms with Gasteiger partial charge in [-0.25, -0.2) is 4.89 Å². The van der Waals surface area contributed by atoms with Gasteiger partial charge in [0.05, 0.1) is 6.66 Å². The molecule has 78 valence electrons. The average Bonchev–Trinajstić information content (AvgIpc) is 1.82. The highest BCUT2D eigenvalue weighted by Crippen LogP contribution is 2.56. The monoisotopic (exact) mass is 204 g/mol. The fourth-order valence-corrected chi connectivity index (χ4v) is 4.60. The smallest absolute Gasteiger partial charge is 0.213 e. The van der Waals surface area contributed by atoms with Crippen LogP contribution in [0.25, 0.3) is 0 Å². The number of hydrogen-bond acceptors (Lipinski definition) is 2. The van der Waals surface area contributed by atoms with Crippen LogP contribution in [0.3, 0.4) is 0 Å². The van der Waals surface area contributed by atoms with E-state index < -0.39 is 7.64 Å². The molecule has 0 saturated heterocycles. The first kappa shape index (κ1) is 13.1. The molecule has 0 aliphatic rings. The highest BCUT2D eigenvalue weighted by Gasteiger charge is 2.40. The van der Waals surface area contributed by atoms with Crippen LogP contribution in [0.4, 0.5) is 0 Å². The van der Waals surface area contributed by atoms with E-state index in [2.05, 4.69) is 38.9 Å². The Balaban J connectivity index is 4.61. The molecule has 0 aromatic carbocycles. The first-order valence-corrected chi connectivity index (χ1v) is 7.13. The summed E-state index contributed by atoms with van der Waals surface area (Å²) in [4.78, 5) is 10.3. The Morgan fingerprint density at radius 3 is 1.92 bits per heavy atom. The zero-order valence-corrected chi connectivity index (χ0v) is 10.4. The molecule has 3 heteroatoms. The van der Waals surface area contributed by atoms with Gasteiger partial charge in [0, 0.05) is 12.1 Å². The van der Waals surface area contributed by atoms with Crippen molar-refractivity contribution in [3.8, 4) is 0 Å². The van der Waals surface area contributed by atoms with Gasteiger partial charge < -0.3 is 0 Å². The van der Waals surface area contributed by atoms with Gasteiger partial charge in [-0.3, -0.25) is 0 Å². The van der Waals surface area contributed by atoms with Crippen LogP contribution in [0.5, 0.6) is 0 Å². The van der Waals surface area contributed by atoms with Crippen LogP contribution in [0.1, 0.15) is 27.7 Å². The third-order valence-corrected chi connectivity index (χ3v) is 4.90. The Morgan fingerprint density at radius 2 is 1.69 bits per heavy atom. The van der Waals surface area contributed by atoms with Crippen molar-refractivity contribution < 1.29 is 4.89 Å². The van der Waals surface area contributed by atoms with E-state index in [1.807, 2.05) is 12.7 Å². The second kappa shape index (κ2) is 5.09. The molecule has 0 amide bonds. The number of nitrogens with zero attached hydrogens (tertiary/aromatic N) is 1. The van der Waals surface area contributed by atoms with Gasteiger partial charge in [-0.05, 0) is 27.7 Å². The summed E-state index contributed by atoms with van der Waals surface area (Å²) >= 11 is 0. The number of hydrogen-bond donors (Lipinski definition) is 1. The molecule has 0 radical (unpaired) electrons. The molecular formula is C10H23NOP+. The van der Waals surface area contributed by atoms with Crippen LogP contribution < -0.4 is 0 Å². The van der Waals surface area contributed by atoms with E-state index in [0.29, 0.717) is 18.2 Å². The standard InChI is InChI=1S/C10H23NOP/c1-7-8-13(6,12)11(9(2)3)10(4)5/h7,9-10,12H,1,8H2,2-6H3/q+1. The lowest BCUT2D eigenvalue weighted by molar-refractivity contribution is 0.288. The molecule has 0 aromatic rings. The molecule has 0 aliphatic heterocycles. The lowest BCUT2D eigenvalue weighted by Crippen LogP contribution is -2.37. The van der Waals surface area contributed by atoms with Gasteiger partial charge in [-0.15, -0.1) is 4.67 Å². The molecule has 13 heavy (non-hydrogen) atoms. The fraction of sp³-hybridized carbons (Fsp3) is 0.800. The van der Waals surface area contributed by atoms with E-state index in [4.69, 9.17) is 0 Å². The summed E-state index contributed by atoms with van der Waals surface area (Å²) in [6.07, 6.45) is 2.52. The van der Waals surface area contributed by atoms with Gasteiger partial charge in [0.25, 0.3) is 0 Å². The zero-order valence-electron chi connectivity index (χ0n) is 9.49. The second-order valence-electron chi connectivity index (χ2n) is 4.13. The molecule has 0 aromatic heterocycles. The molecule has 0 saturated carbocycles. The van der Waals surface area contributed by atoms with Crippen molar-refractivity contribution in [1.29, 1.82) is 0 Å². The molecule has 1 N–H and O–H groups in total. The lowest BCUT2D eigenvalue weighted by Gasteiger charge is -2.34. The summed E-state index contributed by atoms with van der Waals surface area (Å²) in [5, 5.41) is 0. The van der Waals surface area contributed by atoms with Crippen molar-refractivity contribution in [2.24, 2.45) is 0 Å². The van der Waals surface area contributed by atoms with E-state index in [0.717, 1.165) is 0 Å². The fourth-order valence-electron chi connectivity index (χ4n) is 1.93. The lowest BCUT2D eigenvalue weighted by atomic mass is 10.3. The van der Waals surface area contributed by atoms with Crippen LogP contribution in [-0.2, 0) is 0 Å². The highest BCUT2D eigenvalue weighted by molar-refractivity contribution is 7.67. The average molecular weight is 204 g/mol. The van der Waals surface area contributed by atoms with Gasteiger partial charge in [0.1, 0.15) is 6.16 Å². The molecule has 0 heterocycles. The Labute approximate surface area is 83.1 Å². The Bertz CT molecular complexity index is 158. The molecular weight excluding hydrogens is 181 g/mol. The zero-order chi connectivity index (χ0) is 10.6. The maximum Gasteiger partial charge on any atom is 0.213 e. The quantitative estimate of drug-likeness (QED) is 0.550. The number of rotatable bonds is 5. The summed E-state index contributed by atoms with van der Waals surface area (Å²) in [5.41, 5.74) is 0. The van der Waals surface area contributed by atoms with Crippen LogP contribution in [0, 0.1) is 0 Å². The van der Waals surface area contributed by atoms with Gasteiger partial charge in [-0.2, -0.15) is 0 Å². The minimum Gasteiger partial charge on any atom is -0.233 e. The summed E-state index contributed by atoms with van der Waals surface area (Å²) < 4.78 is 2.20. The third-order valence-electron chi connectivity index (χ3n) is 2.03.